The zero-order chi connectivity index (χ0) is 39.6. The lowest BCUT2D eigenvalue weighted by molar-refractivity contribution is 0.886. The Morgan fingerprint density at radius 2 is 1.21 bits per heavy atom. The van der Waals surface area contributed by atoms with Gasteiger partial charge in [-0.1, -0.05) is 154 Å². The second-order valence-electron chi connectivity index (χ2n) is 15.2. The summed E-state index contributed by atoms with van der Waals surface area (Å²) in [5.74, 6) is 0. The maximum absolute atomic E-state index is 2.49. The molecule has 2 heteroatoms. The minimum absolute atomic E-state index is 1.13. The Bertz CT molecular complexity index is 3080. The van der Waals surface area contributed by atoms with Gasteiger partial charge in [-0.25, -0.2) is 0 Å². The zero-order valence-corrected chi connectivity index (χ0v) is 34.7. The zero-order valence-electron chi connectivity index (χ0n) is 33.9. The first-order valence-electron chi connectivity index (χ1n) is 20.9. The molecule has 0 amide bonds. The standard InChI is InChI=1S/C46H29NS.C6H10.C4H10/c1-2-10-28(11-3-1)29-12-8-13-32(24-29)47-41-19-7-6-16-35(41)38-25-30(20-22-42(38)47)31-21-23-43-40(26-31)46-37-18-9-17-36-33-14-4-5-15-34(33)39(45(36)37)27-44(46)48-43;1-3-5-6-4-2;1-3-4-2/h1-4,6-14,16-27H,5,15H2;3-6H,1-2H3;3-4H2,1-2H3/b;5-3-,6-4-;. The summed E-state index contributed by atoms with van der Waals surface area (Å²) in [6.07, 6.45) is 17.6. The van der Waals surface area contributed by atoms with Crippen molar-refractivity contribution in [1.29, 1.82) is 0 Å². The normalized spacial score (nSPS) is 13.2. The van der Waals surface area contributed by atoms with Crippen LogP contribution in [0.15, 0.2) is 176 Å². The predicted molar refractivity (Wildman–Crippen MR) is 257 cm³/mol. The molecule has 0 fully saturated rings. The number of rotatable bonds is 5. The molecule has 0 spiro atoms. The second-order valence-corrected chi connectivity index (χ2v) is 16.3. The summed E-state index contributed by atoms with van der Waals surface area (Å²) in [5.41, 5.74) is 14.4. The van der Waals surface area contributed by atoms with E-state index in [0.717, 1.165) is 12.8 Å². The van der Waals surface area contributed by atoms with Crippen LogP contribution in [-0.2, 0) is 0 Å². The highest BCUT2D eigenvalue weighted by Gasteiger charge is 2.26. The van der Waals surface area contributed by atoms with E-state index in [4.69, 9.17) is 0 Å². The minimum atomic E-state index is 1.13. The van der Waals surface area contributed by atoms with E-state index in [1.165, 1.54) is 116 Å². The molecule has 58 heavy (non-hydrogen) atoms. The van der Waals surface area contributed by atoms with Crippen LogP contribution in [-0.4, -0.2) is 4.57 Å². The molecule has 0 unspecified atom stereocenters. The van der Waals surface area contributed by atoms with Crippen molar-refractivity contribution in [2.75, 3.05) is 0 Å². The van der Waals surface area contributed by atoms with E-state index in [2.05, 4.69) is 170 Å². The predicted octanol–water partition coefficient (Wildman–Crippen LogP) is 17.2. The monoisotopic (exact) mass is 767 g/mol. The molecule has 0 N–H and O–H groups in total. The molecule has 284 valence electrons. The number of hydrogen-bond acceptors (Lipinski definition) is 1. The van der Waals surface area contributed by atoms with Gasteiger partial charge in [-0.2, -0.15) is 0 Å². The quantitative estimate of drug-likeness (QED) is 0.154. The first-order chi connectivity index (χ1) is 28.6. The van der Waals surface area contributed by atoms with E-state index in [9.17, 15) is 0 Å². The highest BCUT2D eigenvalue weighted by molar-refractivity contribution is 7.26. The molecule has 0 bridgehead atoms. The van der Waals surface area contributed by atoms with Crippen molar-refractivity contribution < 1.29 is 0 Å². The van der Waals surface area contributed by atoms with Crippen LogP contribution in [0.2, 0.25) is 0 Å². The topological polar surface area (TPSA) is 4.93 Å². The van der Waals surface area contributed by atoms with Gasteiger partial charge in [0.15, 0.2) is 0 Å². The molecule has 9 aromatic rings. The third-order valence-corrected chi connectivity index (χ3v) is 12.7. The molecular formula is C56H49NS. The molecule has 2 aromatic heterocycles. The molecule has 1 nitrogen and oxygen atoms in total. The van der Waals surface area contributed by atoms with Crippen molar-refractivity contribution in [1.82, 2.24) is 4.57 Å². The number of aromatic nitrogens is 1. The largest absolute Gasteiger partial charge is 0.309 e. The van der Waals surface area contributed by atoms with E-state index in [1.807, 2.05) is 49.5 Å². The fraction of sp³-hybridized carbons (Fsp3) is 0.143. The fourth-order valence-electron chi connectivity index (χ4n) is 8.70. The summed E-state index contributed by atoms with van der Waals surface area (Å²) >= 11 is 1.93. The van der Waals surface area contributed by atoms with Gasteiger partial charge in [0.1, 0.15) is 0 Å². The van der Waals surface area contributed by atoms with Gasteiger partial charge in [-0.15, -0.1) is 11.3 Å². The van der Waals surface area contributed by atoms with E-state index < -0.39 is 0 Å². The lowest BCUT2D eigenvalue weighted by Crippen LogP contribution is -1.94. The lowest BCUT2D eigenvalue weighted by Gasteiger charge is -2.11. The Morgan fingerprint density at radius 3 is 2.00 bits per heavy atom. The van der Waals surface area contributed by atoms with E-state index in [-0.39, 0.29) is 0 Å². The first kappa shape index (κ1) is 37.4. The molecule has 0 atom stereocenters. The van der Waals surface area contributed by atoms with Crippen molar-refractivity contribution in [3.8, 4) is 27.9 Å². The summed E-state index contributed by atoms with van der Waals surface area (Å²) in [6, 6.07) is 51.9. The van der Waals surface area contributed by atoms with Crippen molar-refractivity contribution >= 4 is 75.2 Å². The maximum Gasteiger partial charge on any atom is 0.0541 e. The number of para-hydroxylation sites is 1. The van der Waals surface area contributed by atoms with Gasteiger partial charge in [0, 0.05) is 36.6 Å². The van der Waals surface area contributed by atoms with Gasteiger partial charge < -0.3 is 4.57 Å². The summed E-state index contributed by atoms with van der Waals surface area (Å²) in [6.45, 7) is 8.36. The summed E-state index contributed by atoms with van der Waals surface area (Å²) < 4.78 is 5.16. The van der Waals surface area contributed by atoms with Crippen LogP contribution in [0.5, 0.6) is 0 Å². The average Bonchev–Trinajstić information content (AvgIpc) is 3.94. The fourth-order valence-corrected chi connectivity index (χ4v) is 9.84. The van der Waals surface area contributed by atoms with Crippen LogP contribution in [0.4, 0.5) is 0 Å². The molecule has 0 saturated carbocycles. The van der Waals surface area contributed by atoms with Crippen LogP contribution >= 0.6 is 11.3 Å². The van der Waals surface area contributed by atoms with E-state index >= 15 is 0 Å². The summed E-state index contributed by atoms with van der Waals surface area (Å²) in [7, 11) is 0. The minimum Gasteiger partial charge on any atom is -0.309 e. The van der Waals surface area contributed by atoms with Crippen molar-refractivity contribution in [2.45, 2.75) is 53.4 Å². The van der Waals surface area contributed by atoms with Gasteiger partial charge in [0.2, 0.25) is 0 Å². The van der Waals surface area contributed by atoms with E-state index in [1.54, 1.807) is 0 Å². The van der Waals surface area contributed by atoms with Crippen LogP contribution in [0.25, 0.3) is 91.8 Å². The molecule has 11 rings (SSSR count). The van der Waals surface area contributed by atoms with Gasteiger partial charge in [0.05, 0.1) is 11.0 Å². The van der Waals surface area contributed by atoms with Crippen molar-refractivity contribution in [2.24, 2.45) is 0 Å². The maximum atomic E-state index is 2.49. The molecular weight excluding hydrogens is 719 g/mol. The first-order valence-corrected chi connectivity index (χ1v) is 21.7. The third-order valence-electron chi connectivity index (χ3n) is 11.6. The van der Waals surface area contributed by atoms with Crippen LogP contribution < -0.4 is 0 Å². The molecule has 2 heterocycles. The molecule has 0 saturated heterocycles. The number of thiophene rings is 1. The summed E-state index contributed by atoms with van der Waals surface area (Å²) in [4.78, 5) is 0. The number of unbranched alkanes of at least 4 members (excludes halogenated alkanes) is 1. The van der Waals surface area contributed by atoms with Crippen molar-refractivity contribution in [3.63, 3.8) is 0 Å². The number of nitrogens with zero attached hydrogens (tertiary/aromatic N) is 1. The molecule has 0 radical (unpaired) electrons. The number of hydrogen-bond donors (Lipinski definition) is 0. The molecule has 2 aliphatic rings. The molecule has 0 aliphatic heterocycles. The molecule has 2 aliphatic carbocycles. The SMILES string of the molecule is C/C=C\C=C/C.C1=CC2=C(CC1)c1cc3sc4ccc(-c5ccc6c(c5)c5ccccc5n6-c5cccc(-c6ccccc6)c5)cc4c3c3cccc2c13.CCCC. The Balaban J connectivity index is 0.000000393. The lowest BCUT2D eigenvalue weighted by atomic mass is 9.94. The summed E-state index contributed by atoms with van der Waals surface area (Å²) in [5, 5.41) is 8.14. The average molecular weight is 768 g/mol. The van der Waals surface area contributed by atoms with Crippen molar-refractivity contribution in [3.05, 3.63) is 187 Å². The number of allylic oxidation sites excluding steroid dienone is 8. The number of benzene rings is 7. The smallest absolute Gasteiger partial charge is 0.0541 e. The Hall–Kier alpha value is -6.22. The highest BCUT2D eigenvalue weighted by Crippen LogP contribution is 2.51. The van der Waals surface area contributed by atoms with Crippen LogP contribution in [0.3, 0.4) is 0 Å². The van der Waals surface area contributed by atoms with Crippen LogP contribution in [0.1, 0.15) is 64.5 Å². The highest BCUT2D eigenvalue weighted by atomic mass is 32.1. The van der Waals surface area contributed by atoms with E-state index in [0.29, 0.717) is 0 Å². The van der Waals surface area contributed by atoms with Gasteiger partial charge in [-0.3, -0.25) is 0 Å². The third kappa shape index (κ3) is 6.62. The van der Waals surface area contributed by atoms with Gasteiger partial charge in [0.25, 0.3) is 0 Å². The molecule has 7 aromatic carbocycles. The second kappa shape index (κ2) is 16.3. The van der Waals surface area contributed by atoms with Gasteiger partial charge in [-0.05, 0) is 131 Å². The number of fused-ring (bicyclic) bond motifs is 9. The van der Waals surface area contributed by atoms with Crippen LogP contribution in [0, 0.1) is 0 Å². The Kier molecular flexibility index (Phi) is 10.5. The Morgan fingerprint density at radius 1 is 0.534 bits per heavy atom. The Labute approximate surface area is 346 Å². The van der Waals surface area contributed by atoms with Gasteiger partial charge >= 0.3 is 0 Å².